The van der Waals surface area contributed by atoms with Gasteiger partial charge in [0.25, 0.3) is 0 Å². The highest BCUT2D eigenvalue weighted by molar-refractivity contribution is 5.50. The van der Waals surface area contributed by atoms with E-state index in [1.807, 2.05) is 0 Å². The zero-order valence-corrected chi connectivity index (χ0v) is 10.4. The maximum absolute atomic E-state index is 4.44. The zero-order chi connectivity index (χ0) is 11.7. The number of hydrogen-bond donors (Lipinski definition) is 1. The van der Waals surface area contributed by atoms with Gasteiger partial charge in [-0.2, -0.15) is 0 Å². The molecule has 0 amide bonds. The van der Waals surface area contributed by atoms with Crippen LogP contribution < -0.4 is 10.2 Å². The van der Waals surface area contributed by atoms with E-state index in [1.54, 1.807) is 6.33 Å². The minimum Gasteiger partial charge on any atom is -0.370 e. The van der Waals surface area contributed by atoms with E-state index in [9.17, 15) is 0 Å². The summed E-state index contributed by atoms with van der Waals surface area (Å²) in [5, 5.41) is 3.25. The molecule has 0 spiro atoms. The van der Waals surface area contributed by atoms with Gasteiger partial charge < -0.3 is 10.2 Å². The molecule has 0 bridgehead atoms. The molecule has 0 saturated heterocycles. The van der Waals surface area contributed by atoms with Gasteiger partial charge in [-0.1, -0.05) is 0 Å². The summed E-state index contributed by atoms with van der Waals surface area (Å²) in [7, 11) is 0. The Morgan fingerprint density at radius 2 is 2.12 bits per heavy atom. The van der Waals surface area contributed by atoms with Gasteiger partial charge in [-0.25, -0.2) is 9.97 Å². The summed E-state index contributed by atoms with van der Waals surface area (Å²) in [5.41, 5.74) is 0. The fraction of sp³-hybridized carbons (Fsp3) is 0.692. The third-order valence-electron chi connectivity index (χ3n) is 3.44. The Bertz CT molecular complexity index is 385. The first kappa shape index (κ1) is 10.8. The maximum Gasteiger partial charge on any atom is 0.134 e. The average Bonchev–Trinajstić information content (AvgIpc) is 3.20. The highest BCUT2D eigenvalue weighted by Gasteiger charge is 2.34. The molecule has 2 saturated carbocycles. The molecule has 92 valence electrons. The van der Waals surface area contributed by atoms with Gasteiger partial charge in [-0.15, -0.1) is 0 Å². The number of nitrogens with one attached hydrogen (secondary N) is 1. The van der Waals surface area contributed by atoms with Crippen LogP contribution in [0, 0.1) is 5.92 Å². The third kappa shape index (κ3) is 2.68. The molecule has 2 aliphatic rings. The summed E-state index contributed by atoms with van der Waals surface area (Å²) in [6.45, 7) is 4.18. The highest BCUT2D eigenvalue weighted by Crippen LogP contribution is 2.37. The summed E-state index contributed by atoms with van der Waals surface area (Å²) in [6.07, 6.45) is 7.12. The van der Waals surface area contributed by atoms with Gasteiger partial charge in [0.1, 0.15) is 18.0 Å². The molecule has 0 aliphatic heterocycles. The van der Waals surface area contributed by atoms with E-state index in [0.29, 0.717) is 0 Å². The maximum atomic E-state index is 4.44. The standard InChI is InChI=1S/C13H20N4/c1-2-14-12-7-13(16-9-15-12)17(11-5-6-11)8-10-3-4-10/h7,9-11H,2-6,8H2,1H3,(H,14,15,16). The van der Waals surface area contributed by atoms with Gasteiger partial charge in [0.05, 0.1) is 0 Å². The van der Waals surface area contributed by atoms with Crippen molar-refractivity contribution in [2.24, 2.45) is 5.92 Å². The van der Waals surface area contributed by atoms with Gasteiger partial charge in [0.15, 0.2) is 0 Å². The van der Waals surface area contributed by atoms with Crippen molar-refractivity contribution < 1.29 is 0 Å². The van der Waals surface area contributed by atoms with Crippen molar-refractivity contribution in [2.45, 2.75) is 38.6 Å². The lowest BCUT2D eigenvalue weighted by Crippen LogP contribution is -2.29. The van der Waals surface area contributed by atoms with Crippen molar-refractivity contribution in [3.63, 3.8) is 0 Å². The lowest BCUT2D eigenvalue weighted by atomic mass is 10.3. The van der Waals surface area contributed by atoms with E-state index in [-0.39, 0.29) is 0 Å². The van der Waals surface area contributed by atoms with Crippen molar-refractivity contribution in [3.8, 4) is 0 Å². The van der Waals surface area contributed by atoms with Crippen LogP contribution in [0.15, 0.2) is 12.4 Å². The molecule has 4 heteroatoms. The van der Waals surface area contributed by atoms with Crippen molar-refractivity contribution in [3.05, 3.63) is 12.4 Å². The largest absolute Gasteiger partial charge is 0.370 e. The van der Waals surface area contributed by atoms with Crippen LogP contribution in [-0.2, 0) is 0 Å². The molecule has 1 aromatic heterocycles. The summed E-state index contributed by atoms with van der Waals surface area (Å²) >= 11 is 0. The molecular weight excluding hydrogens is 212 g/mol. The Labute approximate surface area is 102 Å². The van der Waals surface area contributed by atoms with Crippen LogP contribution in [0.1, 0.15) is 32.6 Å². The molecule has 1 N–H and O–H groups in total. The zero-order valence-electron chi connectivity index (χ0n) is 10.4. The molecule has 3 rings (SSSR count). The van der Waals surface area contributed by atoms with E-state index in [4.69, 9.17) is 0 Å². The molecule has 0 unspecified atom stereocenters. The minimum absolute atomic E-state index is 0.736. The number of rotatable bonds is 6. The van der Waals surface area contributed by atoms with E-state index in [1.165, 1.54) is 32.2 Å². The lowest BCUT2D eigenvalue weighted by molar-refractivity contribution is 0.708. The van der Waals surface area contributed by atoms with E-state index < -0.39 is 0 Å². The van der Waals surface area contributed by atoms with Gasteiger partial charge in [-0.3, -0.25) is 0 Å². The molecular formula is C13H20N4. The predicted molar refractivity (Wildman–Crippen MR) is 69.3 cm³/mol. The first-order valence-corrected chi connectivity index (χ1v) is 6.69. The highest BCUT2D eigenvalue weighted by atomic mass is 15.2. The summed E-state index contributed by atoms with van der Waals surface area (Å²) in [6, 6.07) is 2.82. The number of nitrogens with zero attached hydrogens (tertiary/aromatic N) is 3. The molecule has 2 fully saturated rings. The van der Waals surface area contributed by atoms with E-state index in [0.717, 1.165) is 30.1 Å². The lowest BCUT2D eigenvalue weighted by Gasteiger charge is -2.23. The minimum atomic E-state index is 0.736. The summed E-state index contributed by atoms with van der Waals surface area (Å²) in [5.74, 6) is 2.96. The molecule has 0 radical (unpaired) electrons. The Hall–Kier alpha value is -1.32. The van der Waals surface area contributed by atoms with Crippen LogP contribution in [0.3, 0.4) is 0 Å². The van der Waals surface area contributed by atoms with Crippen LogP contribution in [0.5, 0.6) is 0 Å². The third-order valence-corrected chi connectivity index (χ3v) is 3.44. The number of anilines is 2. The predicted octanol–water partition coefficient (Wildman–Crippen LogP) is 2.29. The topological polar surface area (TPSA) is 41.0 Å². The molecule has 4 nitrogen and oxygen atoms in total. The molecule has 17 heavy (non-hydrogen) atoms. The second-order valence-corrected chi connectivity index (χ2v) is 5.12. The second kappa shape index (κ2) is 4.51. The molecule has 0 aromatic carbocycles. The Kier molecular flexibility index (Phi) is 2.87. The summed E-state index contributed by atoms with van der Waals surface area (Å²) in [4.78, 5) is 11.2. The van der Waals surface area contributed by atoms with Crippen molar-refractivity contribution in [1.82, 2.24) is 9.97 Å². The SMILES string of the molecule is CCNc1cc(N(CC2CC2)C2CC2)ncn1. The van der Waals surface area contributed by atoms with Gasteiger partial charge in [0.2, 0.25) is 0 Å². The Morgan fingerprint density at radius 3 is 2.76 bits per heavy atom. The van der Waals surface area contributed by atoms with E-state index >= 15 is 0 Å². The summed E-state index contributed by atoms with van der Waals surface area (Å²) < 4.78 is 0. The van der Waals surface area contributed by atoms with Crippen LogP contribution in [0.25, 0.3) is 0 Å². The number of hydrogen-bond acceptors (Lipinski definition) is 4. The average molecular weight is 232 g/mol. The van der Waals surface area contributed by atoms with Gasteiger partial charge in [-0.05, 0) is 38.5 Å². The van der Waals surface area contributed by atoms with Gasteiger partial charge >= 0.3 is 0 Å². The first-order valence-electron chi connectivity index (χ1n) is 6.69. The first-order chi connectivity index (χ1) is 8.36. The normalized spacial score (nSPS) is 19.1. The van der Waals surface area contributed by atoms with Crippen LogP contribution in [0.2, 0.25) is 0 Å². The van der Waals surface area contributed by atoms with Crippen molar-refractivity contribution in [2.75, 3.05) is 23.3 Å². The van der Waals surface area contributed by atoms with Gasteiger partial charge in [0, 0.05) is 25.2 Å². The van der Waals surface area contributed by atoms with Crippen molar-refractivity contribution in [1.29, 1.82) is 0 Å². The van der Waals surface area contributed by atoms with Crippen LogP contribution in [-0.4, -0.2) is 29.1 Å². The molecule has 1 aromatic rings. The van der Waals surface area contributed by atoms with Crippen molar-refractivity contribution >= 4 is 11.6 Å². The van der Waals surface area contributed by atoms with Crippen LogP contribution in [0.4, 0.5) is 11.6 Å². The second-order valence-electron chi connectivity index (χ2n) is 5.12. The van der Waals surface area contributed by atoms with Crippen LogP contribution >= 0.6 is 0 Å². The molecule has 2 aliphatic carbocycles. The molecule has 1 heterocycles. The Morgan fingerprint density at radius 1 is 1.29 bits per heavy atom. The molecule has 0 atom stereocenters. The Balaban J connectivity index is 1.76. The fourth-order valence-corrected chi connectivity index (χ4v) is 2.18. The quantitative estimate of drug-likeness (QED) is 0.817. The number of aromatic nitrogens is 2. The monoisotopic (exact) mass is 232 g/mol. The van der Waals surface area contributed by atoms with E-state index in [2.05, 4.69) is 33.2 Å². The fourth-order valence-electron chi connectivity index (χ4n) is 2.18. The smallest absolute Gasteiger partial charge is 0.134 e.